The van der Waals surface area contributed by atoms with Gasteiger partial charge in [-0.1, -0.05) is 68.9 Å². The first kappa shape index (κ1) is 13.0. The predicted molar refractivity (Wildman–Crippen MR) is 75.9 cm³/mol. The number of hydrogen-bond acceptors (Lipinski definition) is 2. The molecule has 0 fully saturated rings. The van der Waals surface area contributed by atoms with E-state index in [1.165, 1.54) is 0 Å². The lowest BCUT2D eigenvalue weighted by molar-refractivity contribution is 0.600. The summed E-state index contributed by atoms with van der Waals surface area (Å²) in [5.74, 6) is 0.0457. The van der Waals surface area contributed by atoms with E-state index >= 15 is 0 Å². The van der Waals surface area contributed by atoms with Crippen molar-refractivity contribution in [3.05, 3.63) is 34.9 Å². The van der Waals surface area contributed by atoms with E-state index in [1.54, 1.807) is 24.3 Å². The molecule has 0 N–H and O–H groups in total. The normalized spacial score (nSPS) is 12.0. The molecule has 2 nitrogen and oxygen atoms in total. The number of sulfone groups is 1. The number of hydrogen-bond donors (Lipinski definition) is 0. The zero-order valence-corrected chi connectivity index (χ0v) is 12.8. The van der Waals surface area contributed by atoms with Crippen LogP contribution in [0.4, 0.5) is 0 Å². The van der Waals surface area contributed by atoms with Crippen molar-refractivity contribution in [1.82, 2.24) is 0 Å². The minimum absolute atomic E-state index is 0.0457. The molecule has 0 saturated heterocycles. The van der Waals surface area contributed by atoms with E-state index in [1.807, 2.05) is 45.2 Å². The second kappa shape index (κ2) is 5.31. The third-order valence-electron chi connectivity index (χ3n) is 1.53. The fourth-order valence-electron chi connectivity index (χ4n) is 0.922. The van der Waals surface area contributed by atoms with Crippen LogP contribution in [-0.4, -0.2) is 9.68 Å². The van der Waals surface area contributed by atoms with E-state index in [-0.39, 0.29) is 5.75 Å². The van der Waals surface area contributed by atoms with Crippen LogP contribution in [0.2, 0.25) is 5.02 Å². The molecular formula is C8H7ClI2O2S. The lowest BCUT2D eigenvalue weighted by Gasteiger charge is -2.05. The van der Waals surface area contributed by atoms with Gasteiger partial charge in [-0.05, 0) is 17.7 Å². The largest absolute Gasteiger partial charge is 0.227 e. The third kappa shape index (κ3) is 3.82. The lowest BCUT2D eigenvalue weighted by atomic mass is 10.2. The van der Waals surface area contributed by atoms with Gasteiger partial charge < -0.3 is 0 Å². The Bertz CT molecular complexity index is 417. The number of rotatable bonds is 3. The SMILES string of the molecule is O=S(=O)(Cc1cccc(Cl)c1)C(I)I. The molecule has 0 spiro atoms. The maximum atomic E-state index is 11.6. The number of halogens is 3. The zero-order valence-electron chi connectivity index (χ0n) is 6.95. The van der Waals surface area contributed by atoms with E-state index in [2.05, 4.69) is 0 Å². The lowest BCUT2D eigenvalue weighted by Crippen LogP contribution is -2.10. The molecule has 1 rings (SSSR count). The van der Waals surface area contributed by atoms with Crippen molar-refractivity contribution in [2.45, 2.75) is 7.02 Å². The molecule has 0 aliphatic rings. The molecule has 1 aromatic carbocycles. The van der Waals surface area contributed by atoms with E-state index in [4.69, 9.17) is 11.6 Å². The Kier molecular flexibility index (Phi) is 4.93. The summed E-state index contributed by atoms with van der Waals surface area (Å²) in [4.78, 5) is 0. The fourth-order valence-corrected chi connectivity index (χ4v) is 2.98. The molecule has 0 radical (unpaired) electrons. The van der Waals surface area contributed by atoms with Gasteiger partial charge in [0, 0.05) is 5.02 Å². The monoisotopic (exact) mass is 456 g/mol. The summed E-state index contributed by atoms with van der Waals surface area (Å²) < 4.78 is 22.7. The van der Waals surface area contributed by atoms with Crippen LogP contribution in [0, 0.1) is 0 Å². The van der Waals surface area contributed by atoms with Gasteiger partial charge in [0.2, 0.25) is 0 Å². The van der Waals surface area contributed by atoms with Gasteiger partial charge in [-0.15, -0.1) is 0 Å². The maximum absolute atomic E-state index is 11.6. The van der Waals surface area contributed by atoms with Crippen LogP contribution in [-0.2, 0) is 15.6 Å². The summed E-state index contributed by atoms with van der Waals surface area (Å²) >= 11 is 9.53. The van der Waals surface area contributed by atoms with Crippen molar-refractivity contribution < 1.29 is 8.42 Å². The van der Waals surface area contributed by atoms with Gasteiger partial charge in [0.15, 0.2) is 11.1 Å². The van der Waals surface area contributed by atoms with Crippen molar-refractivity contribution >= 4 is 66.6 Å². The molecule has 0 saturated carbocycles. The van der Waals surface area contributed by atoms with Crippen molar-refractivity contribution in [1.29, 1.82) is 0 Å². The first-order valence-electron chi connectivity index (χ1n) is 3.66. The second-order valence-electron chi connectivity index (χ2n) is 2.70. The molecule has 0 bridgehead atoms. The first-order valence-corrected chi connectivity index (χ1v) is 8.24. The minimum Gasteiger partial charge on any atom is -0.227 e. The molecule has 0 aliphatic carbocycles. The highest BCUT2D eigenvalue weighted by atomic mass is 127. The third-order valence-corrected chi connectivity index (χ3v) is 7.69. The van der Waals surface area contributed by atoms with Crippen LogP contribution < -0.4 is 0 Å². The minimum atomic E-state index is -3.05. The van der Waals surface area contributed by atoms with E-state index in [0.717, 1.165) is 5.56 Å². The highest BCUT2D eigenvalue weighted by Gasteiger charge is 2.19. The van der Waals surface area contributed by atoms with Crippen molar-refractivity contribution in [3.63, 3.8) is 0 Å². The molecule has 0 unspecified atom stereocenters. The average molecular weight is 456 g/mol. The molecule has 6 heteroatoms. The summed E-state index contributed by atoms with van der Waals surface area (Å²) in [7, 11) is -3.05. The summed E-state index contributed by atoms with van der Waals surface area (Å²) in [5, 5.41) is 0.566. The molecule has 78 valence electrons. The highest BCUT2D eigenvalue weighted by molar-refractivity contribution is 14.2. The van der Waals surface area contributed by atoms with Crippen LogP contribution >= 0.6 is 56.8 Å². The van der Waals surface area contributed by atoms with E-state index in [0.29, 0.717) is 5.02 Å². The second-order valence-corrected chi connectivity index (χ2v) is 11.8. The Morgan fingerprint density at radius 3 is 2.50 bits per heavy atom. The Hall–Kier alpha value is 0.920. The molecule has 0 aliphatic heterocycles. The summed E-state index contributed by atoms with van der Waals surface area (Å²) in [5.41, 5.74) is 0.732. The molecule has 0 amide bonds. The van der Waals surface area contributed by atoms with Crippen LogP contribution in [0.5, 0.6) is 0 Å². The van der Waals surface area contributed by atoms with Gasteiger partial charge >= 0.3 is 0 Å². The van der Waals surface area contributed by atoms with Crippen LogP contribution in [0.3, 0.4) is 0 Å². The smallest absolute Gasteiger partial charge is 0.175 e. The standard InChI is InChI=1S/C8H7ClI2O2S/c9-7-3-1-2-6(4-7)5-14(12,13)8(10)11/h1-4,8H,5H2. The van der Waals surface area contributed by atoms with Crippen LogP contribution in [0.1, 0.15) is 5.56 Å². The molecule has 0 heterocycles. The van der Waals surface area contributed by atoms with Gasteiger partial charge in [-0.25, -0.2) is 8.42 Å². The Labute approximate surface area is 116 Å². The number of alkyl halides is 2. The van der Waals surface area contributed by atoms with Gasteiger partial charge in [0.05, 0.1) is 5.75 Å². The summed E-state index contributed by atoms with van der Waals surface area (Å²) in [6.07, 6.45) is 0. The Balaban J connectivity index is 2.90. The Morgan fingerprint density at radius 1 is 1.36 bits per heavy atom. The van der Waals surface area contributed by atoms with Crippen LogP contribution in [0.25, 0.3) is 0 Å². The van der Waals surface area contributed by atoms with Crippen molar-refractivity contribution in [2.24, 2.45) is 0 Å². The summed E-state index contributed by atoms with van der Waals surface area (Å²) in [6, 6.07) is 6.92. The maximum Gasteiger partial charge on any atom is 0.175 e. The van der Waals surface area contributed by atoms with Crippen molar-refractivity contribution in [2.75, 3.05) is 0 Å². The quantitative estimate of drug-likeness (QED) is 0.516. The topological polar surface area (TPSA) is 34.1 Å². The van der Waals surface area contributed by atoms with Gasteiger partial charge in [0.1, 0.15) is 0 Å². The number of benzene rings is 1. The Morgan fingerprint density at radius 2 is 2.00 bits per heavy atom. The van der Waals surface area contributed by atoms with Gasteiger partial charge in [0.25, 0.3) is 0 Å². The van der Waals surface area contributed by atoms with Gasteiger partial charge in [-0.2, -0.15) is 0 Å². The molecule has 1 aromatic rings. The fraction of sp³-hybridized carbons (Fsp3) is 0.250. The molecule has 14 heavy (non-hydrogen) atoms. The first-order chi connectivity index (χ1) is 6.42. The predicted octanol–water partition coefficient (Wildman–Crippen LogP) is 3.41. The molecule has 0 aromatic heterocycles. The highest BCUT2D eigenvalue weighted by Crippen LogP contribution is 2.22. The molecular weight excluding hydrogens is 449 g/mol. The molecule has 0 atom stereocenters. The average Bonchev–Trinajstić information content (AvgIpc) is 2.02. The van der Waals surface area contributed by atoms with Crippen LogP contribution in [0.15, 0.2) is 24.3 Å². The van der Waals surface area contributed by atoms with E-state index in [9.17, 15) is 8.42 Å². The van der Waals surface area contributed by atoms with Gasteiger partial charge in [-0.3, -0.25) is 0 Å². The zero-order chi connectivity index (χ0) is 10.8. The van der Waals surface area contributed by atoms with Crippen molar-refractivity contribution in [3.8, 4) is 0 Å². The van der Waals surface area contributed by atoms with E-state index < -0.39 is 11.1 Å². The summed E-state index contributed by atoms with van der Waals surface area (Å²) in [6.45, 7) is 0.